The van der Waals surface area contributed by atoms with Crippen LogP contribution in [0.5, 0.6) is 0 Å². The van der Waals surface area contributed by atoms with Gasteiger partial charge in [0.25, 0.3) is 0 Å². The minimum absolute atomic E-state index is 0.0346. The Labute approximate surface area is 190 Å². The average molecular weight is 502 g/mol. The zero-order valence-corrected chi connectivity index (χ0v) is 20.4. The number of alkyl halides is 1. The van der Waals surface area contributed by atoms with Gasteiger partial charge in [-0.3, -0.25) is 10.5 Å². The van der Waals surface area contributed by atoms with E-state index in [0.717, 1.165) is 0 Å². The Morgan fingerprint density at radius 3 is 1.97 bits per heavy atom. The lowest BCUT2D eigenvalue weighted by Crippen LogP contribution is -2.47. The second-order valence-electron chi connectivity index (χ2n) is 8.55. The molecule has 0 fully saturated rings. The number of esters is 2. The monoisotopic (exact) mass is 501 g/mol. The summed E-state index contributed by atoms with van der Waals surface area (Å²) in [6, 6.07) is 5.32. The number of hydrogen-bond acceptors (Lipinski definition) is 8. The predicted molar refractivity (Wildman–Crippen MR) is 120 cm³/mol. The Bertz CT molecular complexity index is 857. The van der Waals surface area contributed by atoms with E-state index in [0.29, 0.717) is 5.56 Å². The van der Waals surface area contributed by atoms with Gasteiger partial charge in [0.2, 0.25) is 0 Å². The Morgan fingerprint density at radius 2 is 1.58 bits per heavy atom. The van der Waals surface area contributed by atoms with Crippen LogP contribution >= 0.6 is 15.9 Å². The average Bonchev–Trinajstić information content (AvgIpc) is 2.98. The number of halogens is 2. The van der Waals surface area contributed by atoms with Gasteiger partial charge in [-0.15, -0.1) is 0 Å². The van der Waals surface area contributed by atoms with Gasteiger partial charge >= 0.3 is 18.0 Å². The van der Waals surface area contributed by atoms with E-state index in [-0.39, 0.29) is 28.6 Å². The molecule has 0 spiro atoms. The van der Waals surface area contributed by atoms with E-state index < -0.39 is 23.1 Å². The fraction of sp³-hybridized carbons (Fsp3) is 0.524. The maximum Gasteiger partial charge on any atom is 0.357 e. The standard InChI is InChI=1S/C15H18FN3O3.C6H11BrO2/c1-14(2,3)22-12(20)11-15(17,19-13(18-11)21-4)9-5-7-10(16)8-6-9;1-6(2,3)9-5(8)4-7/h5-8H,17H2,1-4H3;4H2,1-3H3. The van der Waals surface area contributed by atoms with Crippen LogP contribution in [-0.2, 0) is 29.5 Å². The molecule has 1 aromatic rings. The zero-order valence-electron chi connectivity index (χ0n) is 18.8. The van der Waals surface area contributed by atoms with Gasteiger partial charge in [-0.1, -0.05) is 28.1 Å². The van der Waals surface area contributed by atoms with E-state index in [9.17, 15) is 14.0 Å². The van der Waals surface area contributed by atoms with Crippen molar-refractivity contribution >= 4 is 39.6 Å². The van der Waals surface area contributed by atoms with Gasteiger partial charge in [0.05, 0.1) is 7.11 Å². The van der Waals surface area contributed by atoms with Crippen LogP contribution < -0.4 is 5.73 Å². The number of rotatable bonds is 3. The highest BCUT2D eigenvalue weighted by atomic mass is 79.9. The van der Waals surface area contributed by atoms with Gasteiger partial charge in [0.1, 0.15) is 22.3 Å². The van der Waals surface area contributed by atoms with Crippen LogP contribution in [0.25, 0.3) is 0 Å². The minimum Gasteiger partial charge on any atom is -0.467 e. The Hall–Kier alpha value is -2.33. The lowest BCUT2D eigenvalue weighted by molar-refractivity contribution is -0.151. The van der Waals surface area contributed by atoms with Crippen molar-refractivity contribution in [2.75, 3.05) is 12.4 Å². The Kier molecular flexibility index (Phi) is 8.89. The number of amidine groups is 1. The molecule has 0 aromatic heterocycles. The number of aliphatic imine (C=N–C) groups is 2. The number of carbonyl (C=O) groups is 2. The fourth-order valence-electron chi connectivity index (χ4n) is 2.30. The molecule has 10 heteroatoms. The van der Waals surface area contributed by atoms with E-state index >= 15 is 0 Å². The van der Waals surface area contributed by atoms with Crippen LogP contribution in [0.2, 0.25) is 0 Å². The van der Waals surface area contributed by atoms with Gasteiger partial charge in [0.15, 0.2) is 11.4 Å². The number of methoxy groups -OCH3 is 1. The first kappa shape index (κ1) is 26.7. The molecular weight excluding hydrogens is 473 g/mol. The van der Waals surface area contributed by atoms with Crippen LogP contribution in [-0.4, -0.2) is 47.3 Å². The topological polar surface area (TPSA) is 113 Å². The van der Waals surface area contributed by atoms with E-state index in [1.54, 1.807) is 20.8 Å². The maximum absolute atomic E-state index is 13.1. The second kappa shape index (κ2) is 10.3. The number of carbonyl (C=O) groups excluding carboxylic acids is 2. The molecule has 0 radical (unpaired) electrons. The van der Waals surface area contributed by atoms with Crippen LogP contribution in [0.15, 0.2) is 34.3 Å². The van der Waals surface area contributed by atoms with Gasteiger partial charge in [-0.2, -0.15) is 9.98 Å². The fourth-order valence-corrected chi connectivity index (χ4v) is 2.42. The van der Waals surface area contributed by atoms with Gasteiger partial charge < -0.3 is 14.2 Å². The maximum atomic E-state index is 13.1. The van der Waals surface area contributed by atoms with Crippen LogP contribution in [0, 0.1) is 5.82 Å². The molecule has 1 aliphatic heterocycles. The van der Waals surface area contributed by atoms with Crippen molar-refractivity contribution in [1.82, 2.24) is 0 Å². The molecule has 1 unspecified atom stereocenters. The largest absolute Gasteiger partial charge is 0.467 e. The predicted octanol–water partition coefficient (Wildman–Crippen LogP) is 3.46. The number of benzene rings is 1. The molecule has 31 heavy (non-hydrogen) atoms. The van der Waals surface area contributed by atoms with Gasteiger partial charge in [-0.25, -0.2) is 9.18 Å². The smallest absolute Gasteiger partial charge is 0.357 e. The molecule has 1 heterocycles. The Balaban J connectivity index is 0.000000452. The molecule has 0 saturated heterocycles. The van der Waals surface area contributed by atoms with Gasteiger partial charge in [0, 0.05) is 5.56 Å². The van der Waals surface area contributed by atoms with E-state index in [1.165, 1.54) is 31.4 Å². The molecule has 1 atom stereocenters. The molecule has 0 bridgehead atoms. The number of hydrogen-bond donors (Lipinski definition) is 1. The Morgan fingerprint density at radius 1 is 1.06 bits per heavy atom. The molecule has 1 aromatic carbocycles. The highest BCUT2D eigenvalue weighted by molar-refractivity contribution is 9.09. The summed E-state index contributed by atoms with van der Waals surface area (Å²) < 4.78 is 28.3. The van der Waals surface area contributed by atoms with Crippen molar-refractivity contribution in [3.8, 4) is 0 Å². The molecule has 2 N–H and O–H groups in total. The molecule has 2 rings (SSSR count). The zero-order chi connectivity index (χ0) is 24.0. The summed E-state index contributed by atoms with van der Waals surface area (Å²) in [7, 11) is 1.37. The first-order chi connectivity index (χ1) is 14.1. The minimum atomic E-state index is -1.57. The third-order valence-corrected chi connectivity index (χ3v) is 3.89. The SMILES string of the molecule is CC(C)(C)OC(=O)CBr.COC1=NC(N)(c2ccc(F)cc2)C(C(=O)OC(C)(C)C)=N1. The highest BCUT2D eigenvalue weighted by Crippen LogP contribution is 2.28. The van der Waals surface area contributed by atoms with Crippen molar-refractivity contribution in [2.24, 2.45) is 15.7 Å². The molecule has 0 amide bonds. The van der Waals surface area contributed by atoms with E-state index in [1.807, 2.05) is 20.8 Å². The quantitative estimate of drug-likeness (QED) is 0.501. The summed E-state index contributed by atoms with van der Waals surface area (Å²) in [5.74, 6) is -1.34. The lowest BCUT2D eigenvalue weighted by Gasteiger charge is -2.25. The summed E-state index contributed by atoms with van der Waals surface area (Å²) in [4.78, 5) is 31.0. The number of ether oxygens (including phenoxy) is 3. The number of nitrogens with two attached hydrogens (primary N) is 1. The van der Waals surface area contributed by atoms with Crippen LogP contribution in [0.4, 0.5) is 4.39 Å². The molecule has 0 saturated carbocycles. The second-order valence-corrected chi connectivity index (χ2v) is 9.11. The van der Waals surface area contributed by atoms with Crippen molar-refractivity contribution in [3.63, 3.8) is 0 Å². The van der Waals surface area contributed by atoms with Crippen LogP contribution in [0.3, 0.4) is 0 Å². The van der Waals surface area contributed by atoms with Gasteiger partial charge in [-0.05, 0) is 53.7 Å². The third-order valence-electron chi connectivity index (χ3n) is 3.43. The summed E-state index contributed by atoms with van der Waals surface area (Å²) in [6.07, 6.45) is 0. The highest BCUT2D eigenvalue weighted by Gasteiger charge is 2.44. The van der Waals surface area contributed by atoms with Crippen molar-refractivity contribution in [1.29, 1.82) is 0 Å². The van der Waals surface area contributed by atoms with Crippen molar-refractivity contribution in [2.45, 2.75) is 58.4 Å². The third kappa shape index (κ3) is 8.37. The normalized spacial score (nSPS) is 18.3. The summed E-state index contributed by atoms with van der Waals surface area (Å²) in [6.45, 7) is 10.7. The molecular formula is C21H29BrFN3O5. The first-order valence-corrected chi connectivity index (χ1v) is 10.5. The van der Waals surface area contributed by atoms with Crippen LogP contribution in [0.1, 0.15) is 47.1 Å². The van der Waals surface area contributed by atoms with E-state index in [4.69, 9.17) is 19.9 Å². The van der Waals surface area contributed by atoms with Crippen molar-refractivity contribution in [3.05, 3.63) is 35.6 Å². The van der Waals surface area contributed by atoms with E-state index in [2.05, 4.69) is 25.9 Å². The lowest BCUT2D eigenvalue weighted by atomic mass is 9.96. The molecule has 8 nitrogen and oxygen atoms in total. The first-order valence-electron chi connectivity index (χ1n) is 9.40. The molecule has 1 aliphatic rings. The summed E-state index contributed by atoms with van der Waals surface area (Å²) in [5, 5.41) is 0.268. The molecule has 0 aliphatic carbocycles. The summed E-state index contributed by atoms with van der Waals surface area (Å²) in [5.41, 5.74) is 3.91. The van der Waals surface area contributed by atoms with Crippen molar-refractivity contribution < 1.29 is 28.2 Å². The number of nitrogens with zero attached hydrogens (tertiary/aromatic N) is 2. The summed E-state index contributed by atoms with van der Waals surface area (Å²) >= 11 is 2.99. The molecule has 172 valence electrons.